The zero-order valence-electron chi connectivity index (χ0n) is 10.5. The van der Waals surface area contributed by atoms with Gasteiger partial charge in [-0.2, -0.15) is 0 Å². The molecule has 0 aliphatic heterocycles. The normalized spacial score (nSPS) is 26.0. The zero-order valence-corrected chi connectivity index (χ0v) is 12.0. The molecule has 1 saturated carbocycles. The average Bonchev–Trinajstić information content (AvgIpc) is 2.39. The molecule has 1 aromatic rings. The standard InChI is InChI=1S/C13H16Cl2O4/c1-17-5-6-18-13-9(16)7-11(13)19-10-4-2-3-8(14)12(10)15/h2-4,9,11,13,16H,5-7H2,1H3. The predicted molar refractivity (Wildman–Crippen MR) is 73.1 cm³/mol. The van der Waals surface area contributed by atoms with Gasteiger partial charge in [-0.05, 0) is 12.1 Å². The van der Waals surface area contributed by atoms with Crippen LogP contribution < -0.4 is 4.74 Å². The summed E-state index contributed by atoms with van der Waals surface area (Å²) in [4.78, 5) is 0. The fraction of sp³-hybridized carbons (Fsp3) is 0.538. The lowest BCUT2D eigenvalue weighted by Gasteiger charge is -2.40. The summed E-state index contributed by atoms with van der Waals surface area (Å²) in [6.45, 7) is 0.898. The summed E-state index contributed by atoms with van der Waals surface area (Å²) in [6.07, 6.45) is -0.576. The number of ether oxygens (including phenoxy) is 3. The molecular weight excluding hydrogens is 291 g/mol. The maximum Gasteiger partial charge on any atom is 0.139 e. The van der Waals surface area contributed by atoms with Crippen LogP contribution in [0.15, 0.2) is 18.2 Å². The minimum absolute atomic E-state index is 0.220. The average molecular weight is 307 g/mol. The van der Waals surface area contributed by atoms with Crippen molar-refractivity contribution in [3.63, 3.8) is 0 Å². The van der Waals surface area contributed by atoms with Crippen molar-refractivity contribution in [2.24, 2.45) is 0 Å². The number of hydrogen-bond acceptors (Lipinski definition) is 4. The van der Waals surface area contributed by atoms with E-state index in [0.717, 1.165) is 0 Å². The molecule has 4 nitrogen and oxygen atoms in total. The third-order valence-corrected chi connectivity index (χ3v) is 3.81. The summed E-state index contributed by atoms with van der Waals surface area (Å²) in [6, 6.07) is 5.20. The molecule has 1 fully saturated rings. The summed E-state index contributed by atoms with van der Waals surface area (Å²) >= 11 is 12.0. The molecule has 1 aromatic carbocycles. The van der Waals surface area contributed by atoms with Gasteiger partial charge in [-0.25, -0.2) is 0 Å². The summed E-state index contributed by atoms with van der Waals surface area (Å²) in [5, 5.41) is 10.5. The van der Waals surface area contributed by atoms with Crippen LogP contribution in [0.3, 0.4) is 0 Å². The van der Waals surface area contributed by atoms with Crippen LogP contribution in [-0.2, 0) is 9.47 Å². The second kappa shape index (κ2) is 6.77. The molecule has 0 spiro atoms. The van der Waals surface area contributed by atoms with Crippen molar-refractivity contribution in [3.8, 4) is 5.75 Å². The Morgan fingerprint density at radius 1 is 1.32 bits per heavy atom. The van der Waals surface area contributed by atoms with Crippen LogP contribution in [0.2, 0.25) is 10.0 Å². The number of aliphatic hydroxyl groups is 1. The molecular formula is C13H16Cl2O4. The highest BCUT2D eigenvalue weighted by Crippen LogP contribution is 2.36. The summed E-state index contributed by atoms with van der Waals surface area (Å²) in [5.41, 5.74) is 0. The molecule has 0 bridgehead atoms. The first-order chi connectivity index (χ1) is 9.13. The van der Waals surface area contributed by atoms with E-state index in [2.05, 4.69) is 0 Å². The van der Waals surface area contributed by atoms with Gasteiger partial charge in [-0.15, -0.1) is 0 Å². The third-order valence-electron chi connectivity index (χ3n) is 3.01. The van der Waals surface area contributed by atoms with Crippen molar-refractivity contribution in [3.05, 3.63) is 28.2 Å². The Labute approximate surface area is 122 Å². The molecule has 19 heavy (non-hydrogen) atoms. The van der Waals surface area contributed by atoms with E-state index in [1.54, 1.807) is 25.3 Å². The Hall–Kier alpha value is -0.520. The molecule has 0 aromatic heterocycles. The monoisotopic (exact) mass is 306 g/mol. The van der Waals surface area contributed by atoms with Gasteiger partial charge in [0.25, 0.3) is 0 Å². The lowest BCUT2D eigenvalue weighted by molar-refractivity contribution is -0.167. The molecule has 3 atom stereocenters. The van der Waals surface area contributed by atoms with Crippen molar-refractivity contribution in [1.29, 1.82) is 0 Å². The highest BCUT2D eigenvalue weighted by atomic mass is 35.5. The van der Waals surface area contributed by atoms with Gasteiger partial charge in [0.2, 0.25) is 0 Å². The van der Waals surface area contributed by atoms with E-state index in [0.29, 0.717) is 35.4 Å². The maximum atomic E-state index is 9.67. The number of methoxy groups -OCH3 is 1. The minimum atomic E-state index is -0.514. The number of benzene rings is 1. The molecule has 3 unspecified atom stereocenters. The summed E-state index contributed by atoms with van der Waals surface area (Å²) in [5.74, 6) is 0.506. The Bertz CT molecular complexity index is 427. The first-order valence-electron chi connectivity index (χ1n) is 6.02. The molecule has 1 N–H and O–H groups in total. The van der Waals surface area contributed by atoms with E-state index in [1.807, 2.05) is 0 Å². The van der Waals surface area contributed by atoms with Crippen molar-refractivity contribution in [1.82, 2.24) is 0 Å². The fourth-order valence-corrected chi connectivity index (χ4v) is 2.23. The first kappa shape index (κ1) is 14.9. The molecule has 1 aliphatic rings. The summed E-state index contributed by atoms with van der Waals surface area (Å²) in [7, 11) is 1.60. The van der Waals surface area contributed by atoms with E-state index < -0.39 is 6.10 Å². The third kappa shape index (κ3) is 3.52. The molecule has 6 heteroatoms. The van der Waals surface area contributed by atoms with Crippen molar-refractivity contribution >= 4 is 23.2 Å². The van der Waals surface area contributed by atoms with Gasteiger partial charge in [0.05, 0.1) is 24.3 Å². The van der Waals surface area contributed by atoms with Crippen LogP contribution in [0, 0.1) is 0 Å². The van der Waals surface area contributed by atoms with Crippen molar-refractivity contribution in [2.45, 2.75) is 24.7 Å². The fourth-order valence-electron chi connectivity index (χ4n) is 1.90. The zero-order chi connectivity index (χ0) is 13.8. The molecule has 0 radical (unpaired) electrons. The molecule has 0 amide bonds. The largest absolute Gasteiger partial charge is 0.486 e. The number of aliphatic hydroxyl groups excluding tert-OH is 1. The highest BCUT2D eigenvalue weighted by molar-refractivity contribution is 6.42. The minimum Gasteiger partial charge on any atom is -0.486 e. The van der Waals surface area contributed by atoms with E-state index in [1.165, 1.54) is 0 Å². The van der Waals surface area contributed by atoms with Gasteiger partial charge in [0, 0.05) is 13.5 Å². The second-order valence-electron chi connectivity index (χ2n) is 4.34. The summed E-state index contributed by atoms with van der Waals surface area (Å²) < 4.78 is 16.1. The van der Waals surface area contributed by atoms with E-state index in [-0.39, 0.29) is 12.2 Å². The molecule has 2 rings (SSSR count). The van der Waals surface area contributed by atoms with Gasteiger partial charge in [-0.3, -0.25) is 0 Å². The first-order valence-corrected chi connectivity index (χ1v) is 6.78. The number of hydrogen-bond donors (Lipinski definition) is 1. The van der Waals surface area contributed by atoms with Crippen LogP contribution >= 0.6 is 23.2 Å². The van der Waals surface area contributed by atoms with Gasteiger partial charge >= 0.3 is 0 Å². The molecule has 1 aliphatic carbocycles. The van der Waals surface area contributed by atoms with Crippen LogP contribution in [0.5, 0.6) is 5.75 Å². The van der Waals surface area contributed by atoms with Crippen molar-refractivity contribution in [2.75, 3.05) is 20.3 Å². The van der Waals surface area contributed by atoms with E-state index in [9.17, 15) is 5.11 Å². The quantitative estimate of drug-likeness (QED) is 0.821. The smallest absolute Gasteiger partial charge is 0.139 e. The van der Waals surface area contributed by atoms with Crippen LogP contribution in [-0.4, -0.2) is 43.7 Å². The number of rotatable bonds is 6. The lowest BCUT2D eigenvalue weighted by Crippen LogP contribution is -2.55. The SMILES string of the molecule is COCCOC1C(O)CC1Oc1cccc(Cl)c1Cl. The Balaban J connectivity index is 1.93. The predicted octanol–water partition coefficient (Wildman–Crippen LogP) is 2.54. The Kier molecular flexibility index (Phi) is 5.30. The Morgan fingerprint density at radius 3 is 2.79 bits per heavy atom. The second-order valence-corrected chi connectivity index (χ2v) is 5.12. The van der Waals surface area contributed by atoms with Crippen LogP contribution in [0.25, 0.3) is 0 Å². The lowest BCUT2D eigenvalue weighted by atomic mass is 9.88. The maximum absolute atomic E-state index is 9.67. The molecule has 106 valence electrons. The Morgan fingerprint density at radius 2 is 2.11 bits per heavy atom. The topological polar surface area (TPSA) is 47.9 Å². The van der Waals surface area contributed by atoms with E-state index in [4.69, 9.17) is 37.4 Å². The van der Waals surface area contributed by atoms with Gasteiger partial charge in [0.15, 0.2) is 0 Å². The van der Waals surface area contributed by atoms with Crippen LogP contribution in [0.1, 0.15) is 6.42 Å². The molecule has 0 saturated heterocycles. The van der Waals surface area contributed by atoms with Crippen LogP contribution in [0.4, 0.5) is 0 Å². The highest BCUT2D eigenvalue weighted by Gasteiger charge is 2.43. The number of halogens is 2. The van der Waals surface area contributed by atoms with E-state index >= 15 is 0 Å². The van der Waals surface area contributed by atoms with Crippen molar-refractivity contribution < 1.29 is 19.3 Å². The molecule has 0 heterocycles. The van der Waals surface area contributed by atoms with Gasteiger partial charge < -0.3 is 19.3 Å². The van der Waals surface area contributed by atoms with Gasteiger partial charge in [-0.1, -0.05) is 29.3 Å². The van der Waals surface area contributed by atoms with Gasteiger partial charge in [0.1, 0.15) is 23.0 Å².